The zero-order chi connectivity index (χ0) is 21.3. The molecule has 2 heterocycles. The predicted octanol–water partition coefficient (Wildman–Crippen LogP) is 4.61. The van der Waals surface area contributed by atoms with E-state index in [-0.39, 0.29) is 28.9 Å². The van der Waals surface area contributed by atoms with Crippen molar-refractivity contribution in [1.82, 2.24) is 4.90 Å². The predicted molar refractivity (Wildman–Crippen MR) is 114 cm³/mol. The van der Waals surface area contributed by atoms with Gasteiger partial charge in [0.05, 0.1) is 16.5 Å². The van der Waals surface area contributed by atoms with Crippen molar-refractivity contribution in [1.29, 1.82) is 0 Å². The quantitative estimate of drug-likeness (QED) is 0.658. The van der Waals surface area contributed by atoms with Gasteiger partial charge < -0.3 is 4.74 Å². The van der Waals surface area contributed by atoms with Crippen LogP contribution in [0.25, 0.3) is 0 Å². The van der Waals surface area contributed by atoms with Gasteiger partial charge in [-0.3, -0.25) is 9.69 Å². The molecular formula is C23H21FN2O3S. The first-order valence-corrected chi connectivity index (χ1v) is 10.6. The van der Waals surface area contributed by atoms with Crippen LogP contribution >= 0.6 is 11.8 Å². The smallest absolute Gasteiger partial charge is 0.338 e. The minimum absolute atomic E-state index is 0.0807. The molecule has 2 aromatic rings. The average molecular weight is 424 g/mol. The van der Waals surface area contributed by atoms with Gasteiger partial charge in [-0.2, -0.15) is 0 Å². The molecule has 2 aromatic carbocycles. The molecule has 30 heavy (non-hydrogen) atoms. The van der Waals surface area contributed by atoms with Gasteiger partial charge in [-0.1, -0.05) is 67.2 Å². The second-order valence-electron chi connectivity index (χ2n) is 7.10. The number of amides is 1. The van der Waals surface area contributed by atoms with Crippen LogP contribution in [0.2, 0.25) is 0 Å². The molecule has 0 unspecified atom stereocenters. The van der Waals surface area contributed by atoms with Gasteiger partial charge in [-0.15, -0.1) is 0 Å². The van der Waals surface area contributed by atoms with Crippen LogP contribution in [-0.2, 0) is 20.9 Å². The molecule has 154 valence electrons. The number of esters is 1. The van der Waals surface area contributed by atoms with E-state index in [1.165, 1.54) is 22.7 Å². The topological polar surface area (TPSA) is 59.0 Å². The normalized spacial score (nSPS) is 20.8. The maximum atomic E-state index is 14.8. The van der Waals surface area contributed by atoms with E-state index in [1.807, 2.05) is 37.3 Å². The Morgan fingerprint density at radius 1 is 1.17 bits per heavy atom. The maximum Gasteiger partial charge on any atom is 0.338 e. The third kappa shape index (κ3) is 3.65. The zero-order valence-electron chi connectivity index (χ0n) is 16.7. The highest BCUT2D eigenvalue weighted by Crippen LogP contribution is 2.44. The molecule has 2 aliphatic heterocycles. The molecule has 0 aromatic heterocycles. The minimum Gasteiger partial charge on any atom is -0.457 e. The van der Waals surface area contributed by atoms with E-state index in [0.29, 0.717) is 17.3 Å². The Morgan fingerprint density at radius 3 is 2.57 bits per heavy atom. The van der Waals surface area contributed by atoms with E-state index in [9.17, 15) is 14.0 Å². The molecule has 7 heteroatoms. The summed E-state index contributed by atoms with van der Waals surface area (Å²) in [5, 5.41) is 0.197. The molecule has 4 rings (SSSR count). The molecule has 0 spiro atoms. The summed E-state index contributed by atoms with van der Waals surface area (Å²) in [5.74, 6) is -1.26. The summed E-state index contributed by atoms with van der Waals surface area (Å²) < 4.78 is 20.3. The number of aliphatic imine (C=N–C) groups is 1. The number of carbonyl (C=O) groups is 2. The Hall–Kier alpha value is -2.93. The number of nitrogens with zero attached hydrogens (tertiary/aromatic N) is 2. The molecule has 1 amide bonds. The van der Waals surface area contributed by atoms with E-state index in [0.717, 1.165) is 5.56 Å². The first-order chi connectivity index (χ1) is 14.5. The van der Waals surface area contributed by atoms with Crippen LogP contribution in [0, 0.1) is 5.82 Å². The van der Waals surface area contributed by atoms with Gasteiger partial charge in [0, 0.05) is 5.56 Å². The first kappa shape index (κ1) is 20.3. The number of ether oxygens (including phenoxy) is 1. The lowest BCUT2D eigenvalue weighted by atomic mass is 9.93. The summed E-state index contributed by atoms with van der Waals surface area (Å²) in [5.41, 5.74) is 1.71. The van der Waals surface area contributed by atoms with Gasteiger partial charge in [-0.25, -0.2) is 14.2 Å². The van der Waals surface area contributed by atoms with Crippen LogP contribution in [0.5, 0.6) is 0 Å². The number of rotatable bonds is 5. The number of hydrogen-bond acceptors (Lipinski definition) is 5. The van der Waals surface area contributed by atoms with Gasteiger partial charge in [0.15, 0.2) is 5.17 Å². The van der Waals surface area contributed by atoms with Crippen LogP contribution in [0.15, 0.2) is 70.9 Å². The molecular weight excluding hydrogens is 403 g/mol. The van der Waals surface area contributed by atoms with Crippen LogP contribution < -0.4 is 0 Å². The van der Waals surface area contributed by atoms with Crippen molar-refractivity contribution in [3.63, 3.8) is 0 Å². The summed E-state index contributed by atoms with van der Waals surface area (Å²) in [4.78, 5) is 32.1. The number of carbonyl (C=O) groups excluding carboxylic acids is 2. The summed E-state index contributed by atoms with van der Waals surface area (Å²) in [6, 6.07) is 14.6. The molecule has 0 saturated carbocycles. The fourth-order valence-electron chi connectivity index (χ4n) is 3.64. The highest BCUT2D eigenvalue weighted by Gasteiger charge is 2.47. The Bertz CT molecular complexity index is 1050. The van der Waals surface area contributed by atoms with Gasteiger partial charge in [0.25, 0.3) is 0 Å². The number of amidine groups is 1. The monoisotopic (exact) mass is 424 g/mol. The Kier molecular flexibility index (Phi) is 5.72. The summed E-state index contributed by atoms with van der Waals surface area (Å²) in [7, 11) is 0. The van der Waals surface area contributed by atoms with E-state index < -0.39 is 17.8 Å². The van der Waals surface area contributed by atoms with Crippen LogP contribution in [0.3, 0.4) is 0 Å². The summed E-state index contributed by atoms with van der Waals surface area (Å²) >= 11 is 1.35. The first-order valence-electron chi connectivity index (χ1n) is 9.76. The molecule has 1 fully saturated rings. The van der Waals surface area contributed by atoms with E-state index >= 15 is 0 Å². The number of halogens is 1. The van der Waals surface area contributed by atoms with Gasteiger partial charge in [0.1, 0.15) is 18.5 Å². The Labute approximate surface area is 178 Å². The van der Waals surface area contributed by atoms with E-state index in [4.69, 9.17) is 4.74 Å². The second kappa shape index (κ2) is 8.44. The molecule has 2 aliphatic rings. The lowest BCUT2D eigenvalue weighted by Crippen LogP contribution is -2.41. The lowest BCUT2D eigenvalue weighted by molar-refractivity contribution is -0.141. The Morgan fingerprint density at radius 2 is 1.87 bits per heavy atom. The minimum atomic E-state index is -0.904. The molecule has 0 bridgehead atoms. The van der Waals surface area contributed by atoms with E-state index in [2.05, 4.69) is 4.99 Å². The molecule has 1 saturated heterocycles. The number of fused-ring (bicyclic) bond motifs is 1. The van der Waals surface area contributed by atoms with Crippen molar-refractivity contribution < 1.29 is 18.7 Å². The molecule has 0 aliphatic carbocycles. The molecule has 2 atom stereocenters. The number of allylic oxidation sites excluding steroid dienone is 1. The fourth-order valence-corrected chi connectivity index (χ4v) is 4.78. The van der Waals surface area contributed by atoms with Crippen LogP contribution in [0.1, 0.15) is 37.4 Å². The SMILES string of the molecule is CC[C@H]1SC2=NC(C)=C(C(=O)OCc3ccccc3)[C@H](c3ccccc3F)N2C1=O. The number of hydrogen-bond donors (Lipinski definition) is 0. The number of benzene rings is 2. The third-order valence-corrected chi connectivity index (χ3v) is 6.47. The molecule has 5 nitrogen and oxygen atoms in total. The average Bonchev–Trinajstić information content (AvgIpc) is 3.07. The zero-order valence-corrected chi connectivity index (χ0v) is 17.5. The lowest BCUT2D eigenvalue weighted by Gasteiger charge is -2.33. The third-order valence-electron chi connectivity index (χ3n) is 5.15. The number of thioether (sulfide) groups is 1. The highest BCUT2D eigenvalue weighted by molar-refractivity contribution is 8.15. The van der Waals surface area contributed by atoms with E-state index in [1.54, 1.807) is 25.1 Å². The maximum absolute atomic E-state index is 14.8. The van der Waals surface area contributed by atoms with Crippen molar-refractivity contribution in [2.75, 3.05) is 0 Å². The van der Waals surface area contributed by atoms with Crippen molar-refractivity contribution >= 4 is 28.8 Å². The summed E-state index contributed by atoms with van der Waals surface area (Å²) in [6.45, 7) is 3.70. The Balaban J connectivity index is 1.73. The van der Waals surface area contributed by atoms with Gasteiger partial charge in [0.2, 0.25) is 5.91 Å². The van der Waals surface area contributed by atoms with Crippen LogP contribution in [-0.4, -0.2) is 27.2 Å². The fraction of sp³-hybridized carbons (Fsp3) is 0.261. The van der Waals surface area contributed by atoms with Gasteiger partial charge in [-0.05, 0) is 25.0 Å². The standard InChI is InChI=1S/C23H21FN2O3S/c1-3-18-21(27)26-20(16-11-7-8-12-17(16)24)19(14(2)25-23(26)30-18)22(28)29-13-15-9-5-4-6-10-15/h4-12,18,20H,3,13H2,1-2H3/t18-,20+/m1/s1. The molecule has 0 radical (unpaired) electrons. The van der Waals surface area contributed by atoms with Gasteiger partial charge >= 0.3 is 5.97 Å². The van der Waals surface area contributed by atoms with Crippen molar-refractivity contribution in [2.24, 2.45) is 4.99 Å². The van der Waals surface area contributed by atoms with Crippen LogP contribution in [0.4, 0.5) is 4.39 Å². The summed E-state index contributed by atoms with van der Waals surface area (Å²) in [6.07, 6.45) is 0.621. The van der Waals surface area contributed by atoms with Crippen molar-refractivity contribution in [3.05, 3.63) is 82.8 Å². The second-order valence-corrected chi connectivity index (χ2v) is 8.27. The van der Waals surface area contributed by atoms with Crippen molar-refractivity contribution in [2.45, 2.75) is 38.2 Å². The highest BCUT2D eigenvalue weighted by atomic mass is 32.2. The largest absolute Gasteiger partial charge is 0.457 e. The van der Waals surface area contributed by atoms with Crippen molar-refractivity contribution in [3.8, 4) is 0 Å². The molecule has 0 N–H and O–H groups in total.